The molecule has 92 valence electrons. The Balaban J connectivity index is 2.22. The molecule has 0 saturated heterocycles. The zero-order chi connectivity index (χ0) is 13.1. The first-order chi connectivity index (χ1) is 8.58. The predicted molar refractivity (Wildman–Crippen MR) is 74.1 cm³/mol. The minimum absolute atomic E-state index is 0.258. The third kappa shape index (κ3) is 2.98. The summed E-state index contributed by atoms with van der Waals surface area (Å²) in [4.78, 5) is 19.7. The van der Waals surface area contributed by atoms with Gasteiger partial charge in [0, 0.05) is 4.47 Å². The van der Waals surface area contributed by atoms with E-state index in [1.54, 1.807) is 18.2 Å². The summed E-state index contributed by atoms with van der Waals surface area (Å²) in [5.41, 5.74) is 0.350. The van der Waals surface area contributed by atoms with E-state index in [-0.39, 0.29) is 11.1 Å². The van der Waals surface area contributed by atoms with Gasteiger partial charge in [-0.1, -0.05) is 29.3 Å². The summed E-state index contributed by atoms with van der Waals surface area (Å²) in [5.74, 6) is -0.0571. The van der Waals surface area contributed by atoms with Crippen LogP contribution in [0.5, 0.6) is 0 Å². The topological polar surface area (TPSA) is 54.9 Å². The Morgan fingerprint density at radius 2 is 2.00 bits per heavy atom. The predicted octanol–water partition coefficient (Wildman–Crippen LogP) is 3.80. The second kappa shape index (κ2) is 5.65. The molecule has 2 rings (SSSR count). The summed E-state index contributed by atoms with van der Waals surface area (Å²) in [6.45, 7) is 0. The number of nitrogens with one attached hydrogen (secondary N) is 1. The van der Waals surface area contributed by atoms with Gasteiger partial charge in [-0.25, -0.2) is 9.97 Å². The largest absolute Gasteiger partial charge is 0.305 e. The number of benzene rings is 1. The van der Waals surface area contributed by atoms with Crippen LogP contribution >= 0.6 is 39.1 Å². The molecule has 0 radical (unpaired) electrons. The fraction of sp³-hybridized carbons (Fsp3) is 0. The summed E-state index contributed by atoms with van der Waals surface area (Å²) in [6.07, 6.45) is 2.71. The van der Waals surface area contributed by atoms with Gasteiger partial charge in [-0.15, -0.1) is 0 Å². The summed E-state index contributed by atoms with van der Waals surface area (Å²) >= 11 is 14.9. The van der Waals surface area contributed by atoms with Crippen molar-refractivity contribution in [1.82, 2.24) is 9.97 Å². The van der Waals surface area contributed by atoms with Crippen LogP contribution in [0.3, 0.4) is 0 Å². The molecule has 18 heavy (non-hydrogen) atoms. The van der Waals surface area contributed by atoms with Crippen molar-refractivity contribution in [3.05, 3.63) is 50.8 Å². The maximum absolute atomic E-state index is 12.0. The van der Waals surface area contributed by atoms with Gasteiger partial charge in [-0.05, 0) is 28.1 Å². The maximum Gasteiger partial charge on any atom is 0.258 e. The second-order valence-electron chi connectivity index (χ2n) is 3.28. The van der Waals surface area contributed by atoms with Crippen LogP contribution in [0.4, 0.5) is 5.82 Å². The maximum atomic E-state index is 12.0. The number of halogens is 3. The minimum Gasteiger partial charge on any atom is -0.305 e. The van der Waals surface area contributed by atoms with Crippen molar-refractivity contribution in [3.8, 4) is 0 Å². The highest BCUT2D eigenvalue weighted by Gasteiger charge is 2.13. The molecule has 1 heterocycles. The van der Waals surface area contributed by atoms with Crippen LogP contribution in [0.25, 0.3) is 0 Å². The highest BCUT2D eigenvalue weighted by Crippen LogP contribution is 2.26. The molecular weight excluding hydrogens is 341 g/mol. The fourth-order valence-electron chi connectivity index (χ4n) is 1.24. The van der Waals surface area contributed by atoms with E-state index in [0.29, 0.717) is 20.9 Å². The summed E-state index contributed by atoms with van der Waals surface area (Å²) in [6, 6.07) is 5.09. The van der Waals surface area contributed by atoms with Gasteiger partial charge in [0.25, 0.3) is 5.91 Å². The summed E-state index contributed by atoms with van der Waals surface area (Å²) in [5, 5.41) is 3.18. The average Bonchev–Trinajstić information content (AvgIpc) is 2.35. The number of carbonyl (C=O) groups excluding carboxylic acids is 1. The molecule has 1 aromatic carbocycles. The molecule has 0 atom stereocenters. The van der Waals surface area contributed by atoms with Gasteiger partial charge in [-0.2, -0.15) is 0 Å². The van der Waals surface area contributed by atoms with E-state index in [4.69, 9.17) is 23.2 Å². The van der Waals surface area contributed by atoms with Gasteiger partial charge in [0.05, 0.1) is 23.0 Å². The summed E-state index contributed by atoms with van der Waals surface area (Å²) < 4.78 is 0.652. The van der Waals surface area contributed by atoms with Gasteiger partial charge in [0.1, 0.15) is 5.15 Å². The monoisotopic (exact) mass is 345 g/mol. The van der Waals surface area contributed by atoms with Crippen LogP contribution in [-0.4, -0.2) is 15.9 Å². The highest BCUT2D eigenvalue weighted by atomic mass is 79.9. The third-order valence-electron chi connectivity index (χ3n) is 2.06. The van der Waals surface area contributed by atoms with Crippen molar-refractivity contribution in [2.24, 2.45) is 0 Å². The second-order valence-corrected chi connectivity index (χ2v) is 4.90. The molecule has 1 N–H and O–H groups in total. The van der Waals surface area contributed by atoms with E-state index >= 15 is 0 Å². The van der Waals surface area contributed by atoms with Crippen molar-refractivity contribution in [3.63, 3.8) is 0 Å². The lowest BCUT2D eigenvalue weighted by atomic mass is 10.2. The van der Waals surface area contributed by atoms with Gasteiger partial charge in [0.15, 0.2) is 5.82 Å². The molecule has 0 spiro atoms. The van der Waals surface area contributed by atoms with E-state index in [1.165, 1.54) is 12.4 Å². The Kier molecular flexibility index (Phi) is 4.16. The number of hydrogen-bond donors (Lipinski definition) is 1. The van der Waals surface area contributed by atoms with E-state index in [9.17, 15) is 4.79 Å². The van der Waals surface area contributed by atoms with E-state index < -0.39 is 0 Å². The molecule has 2 aromatic rings. The van der Waals surface area contributed by atoms with Crippen LogP contribution in [0.2, 0.25) is 10.2 Å². The lowest BCUT2D eigenvalue weighted by Gasteiger charge is -2.06. The Hall–Kier alpha value is -1.17. The molecule has 0 fully saturated rings. The summed E-state index contributed by atoms with van der Waals surface area (Å²) in [7, 11) is 0. The van der Waals surface area contributed by atoms with Crippen LogP contribution < -0.4 is 5.32 Å². The number of anilines is 1. The first kappa shape index (κ1) is 13.3. The Bertz CT molecular complexity index is 589. The van der Waals surface area contributed by atoms with Crippen molar-refractivity contribution >= 4 is 50.9 Å². The van der Waals surface area contributed by atoms with E-state index in [0.717, 1.165) is 0 Å². The first-order valence-corrected chi connectivity index (χ1v) is 6.35. The van der Waals surface area contributed by atoms with Gasteiger partial charge < -0.3 is 5.32 Å². The van der Waals surface area contributed by atoms with E-state index in [1.807, 2.05) is 0 Å². The molecule has 0 aliphatic heterocycles. The molecule has 0 unspecified atom stereocenters. The molecule has 1 aromatic heterocycles. The Morgan fingerprint density at radius 1 is 1.22 bits per heavy atom. The van der Waals surface area contributed by atoms with Crippen LogP contribution in [0, 0.1) is 0 Å². The number of rotatable bonds is 2. The number of amides is 1. The normalized spacial score (nSPS) is 10.2. The van der Waals surface area contributed by atoms with Gasteiger partial charge >= 0.3 is 0 Å². The van der Waals surface area contributed by atoms with Gasteiger partial charge in [0.2, 0.25) is 0 Å². The highest BCUT2D eigenvalue weighted by molar-refractivity contribution is 9.10. The SMILES string of the molecule is O=C(Nc1cnc(Cl)cn1)c1cccc(Br)c1Cl. The minimum atomic E-state index is -0.363. The van der Waals surface area contributed by atoms with Crippen LogP contribution in [-0.2, 0) is 0 Å². The lowest BCUT2D eigenvalue weighted by molar-refractivity contribution is 0.102. The van der Waals surface area contributed by atoms with Gasteiger partial charge in [-0.3, -0.25) is 4.79 Å². The molecule has 0 aliphatic rings. The zero-order valence-electron chi connectivity index (χ0n) is 8.82. The van der Waals surface area contributed by atoms with Crippen LogP contribution in [0.15, 0.2) is 35.1 Å². The smallest absolute Gasteiger partial charge is 0.258 e. The number of nitrogens with zero attached hydrogens (tertiary/aromatic N) is 2. The number of hydrogen-bond acceptors (Lipinski definition) is 3. The number of carbonyl (C=O) groups is 1. The van der Waals surface area contributed by atoms with Crippen molar-refractivity contribution in [2.45, 2.75) is 0 Å². The molecule has 0 bridgehead atoms. The zero-order valence-corrected chi connectivity index (χ0v) is 11.9. The molecule has 1 amide bonds. The molecule has 0 saturated carbocycles. The van der Waals surface area contributed by atoms with Crippen molar-refractivity contribution < 1.29 is 4.79 Å². The average molecular weight is 347 g/mol. The third-order valence-corrected chi connectivity index (χ3v) is 3.55. The Labute approximate surface area is 121 Å². The fourth-order valence-corrected chi connectivity index (χ4v) is 1.92. The number of aromatic nitrogens is 2. The molecular formula is C11H6BrCl2N3O. The Morgan fingerprint density at radius 3 is 2.67 bits per heavy atom. The standard InChI is InChI=1S/C11H6BrCl2N3O/c12-7-3-1-2-6(10(7)14)11(18)17-9-5-15-8(13)4-16-9/h1-5H,(H,16,17,18). The quantitative estimate of drug-likeness (QED) is 0.899. The lowest BCUT2D eigenvalue weighted by Crippen LogP contribution is -2.13. The van der Waals surface area contributed by atoms with Crippen molar-refractivity contribution in [1.29, 1.82) is 0 Å². The van der Waals surface area contributed by atoms with Crippen molar-refractivity contribution in [2.75, 3.05) is 5.32 Å². The molecule has 7 heteroatoms. The first-order valence-electron chi connectivity index (χ1n) is 4.81. The molecule has 4 nitrogen and oxygen atoms in total. The molecule has 0 aliphatic carbocycles. The van der Waals surface area contributed by atoms with Crippen LogP contribution in [0.1, 0.15) is 10.4 Å². The van der Waals surface area contributed by atoms with E-state index in [2.05, 4.69) is 31.2 Å².